The zero-order valence-electron chi connectivity index (χ0n) is 8.71. The molecule has 0 radical (unpaired) electrons. The van der Waals surface area contributed by atoms with Crippen molar-refractivity contribution in [2.75, 3.05) is 27.2 Å². The van der Waals surface area contributed by atoms with Crippen LogP contribution in [0.5, 0.6) is 0 Å². The summed E-state index contributed by atoms with van der Waals surface area (Å²) in [5.41, 5.74) is 0. The van der Waals surface area contributed by atoms with E-state index in [1.54, 1.807) is 0 Å². The SMILES string of the molecule is CCC(CCO)NC(=O)CN(C)C. The molecule has 1 atom stereocenters. The highest BCUT2D eigenvalue weighted by atomic mass is 16.3. The van der Waals surface area contributed by atoms with E-state index in [-0.39, 0.29) is 18.6 Å². The molecule has 0 saturated carbocycles. The maximum Gasteiger partial charge on any atom is 0.234 e. The lowest BCUT2D eigenvalue weighted by molar-refractivity contribution is -0.122. The third-order valence-corrected chi connectivity index (χ3v) is 1.80. The van der Waals surface area contributed by atoms with E-state index in [1.807, 2.05) is 25.9 Å². The third-order valence-electron chi connectivity index (χ3n) is 1.80. The van der Waals surface area contributed by atoms with Gasteiger partial charge in [-0.3, -0.25) is 4.79 Å². The van der Waals surface area contributed by atoms with Gasteiger partial charge in [0.05, 0.1) is 6.54 Å². The van der Waals surface area contributed by atoms with Crippen molar-refractivity contribution in [2.45, 2.75) is 25.8 Å². The van der Waals surface area contributed by atoms with Crippen LogP contribution in [0.15, 0.2) is 0 Å². The van der Waals surface area contributed by atoms with E-state index in [4.69, 9.17) is 5.11 Å². The van der Waals surface area contributed by atoms with Gasteiger partial charge in [-0.1, -0.05) is 6.92 Å². The van der Waals surface area contributed by atoms with Crippen LogP contribution in [0.2, 0.25) is 0 Å². The zero-order valence-corrected chi connectivity index (χ0v) is 8.71. The number of hydrogen-bond donors (Lipinski definition) is 2. The molecule has 0 aliphatic carbocycles. The van der Waals surface area contributed by atoms with E-state index in [2.05, 4.69) is 5.32 Å². The second-order valence-corrected chi connectivity index (χ2v) is 3.42. The number of nitrogens with one attached hydrogen (secondary N) is 1. The number of aliphatic hydroxyl groups excluding tert-OH is 1. The summed E-state index contributed by atoms with van der Waals surface area (Å²) in [4.78, 5) is 13.1. The van der Waals surface area contributed by atoms with E-state index in [0.717, 1.165) is 6.42 Å². The molecular formula is C9H20N2O2. The predicted octanol–water partition coefficient (Wildman–Crippen LogP) is -0.175. The van der Waals surface area contributed by atoms with Gasteiger partial charge in [-0.05, 0) is 26.9 Å². The van der Waals surface area contributed by atoms with Crippen molar-refractivity contribution in [3.8, 4) is 0 Å². The molecule has 78 valence electrons. The number of nitrogens with zero attached hydrogens (tertiary/aromatic N) is 1. The van der Waals surface area contributed by atoms with Crippen molar-refractivity contribution in [1.29, 1.82) is 0 Å². The first kappa shape index (κ1) is 12.4. The van der Waals surface area contributed by atoms with Gasteiger partial charge in [0.25, 0.3) is 0 Å². The van der Waals surface area contributed by atoms with Crippen LogP contribution in [0.1, 0.15) is 19.8 Å². The molecule has 4 heteroatoms. The van der Waals surface area contributed by atoms with Crippen molar-refractivity contribution in [1.82, 2.24) is 10.2 Å². The van der Waals surface area contributed by atoms with E-state index >= 15 is 0 Å². The number of carbonyl (C=O) groups excluding carboxylic acids is 1. The molecule has 0 rings (SSSR count). The van der Waals surface area contributed by atoms with Crippen LogP contribution < -0.4 is 5.32 Å². The Hall–Kier alpha value is -0.610. The second kappa shape index (κ2) is 6.86. The van der Waals surface area contributed by atoms with Gasteiger partial charge in [0.1, 0.15) is 0 Å². The van der Waals surface area contributed by atoms with E-state index in [1.165, 1.54) is 0 Å². The van der Waals surface area contributed by atoms with E-state index in [9.17, 15) is 4.79 Å². The minimum Gasteiger partial charge on any atom is -0.396 e. The molecule has 2 N–H and O–H groups in total. The Bertz CT molecular complexity index is 149. The van der Waals surface area contributed by atoms with Gasteiger partial charge in [-0.2, -0.15) is 0 Å². The summed E-state index contributed by atoms with van der Waals surface area (Å²) in [6.45, 7) is 2.53. The minimum atomic E-state index is 0.0188. The van der Waals surface area contributed by atoms with Crippen LogP contribution in [0, 0.1) is 0 Å². The highest BCUT2D eigenvalue weighted by Crippen LogP contribution is 1.95. The van der Waals surface area contributed by atoms with Gasteiger partial charge in [0.2, 0.25) is 5.91 Å². The first-order valence-corrected chi connectivity index (χ1v) is 4.65. The Balaban J connectivity index is 3.73. The van der Waals surface area contributed by atoms with Gasteiger partial charge in [-0.25, -0.2) is 0 Å². The van der Waals surface area contributed by atoms with Crippen molar-refractivity contribution in [2.24, 2.45) is 0 Å². The number of rotatable bonds is 6. The molecule has 0 spiro atoms. The van der Waals surface area contributed by atoms with Gasteiger partial charge < -0.3 is 15.3 Å². The molecule has 1 amide bonds. The molecule has 1 unspecified atom stereocenters. The number of likely N-dealkylation sites (N-methyl/N-ethyl adjacent to an activating group) is 1. The Kier molecular flexibility index (Phi) is 6.54. The van der Waals surface area contributed by atoms with Crippen LogP contribution in [0.4, 0.5) is 0 Å². The Morgan fingerprint density at radius 2 is 2.15 bits per heavy atom. The molecule has 0 bridgehead atoms. The summed E-state index contributed by atoms with van der Waals surface area (Å²) in [7, 11) is 3.71. The summed E-state index contributed by atoms with van der Waals surface area (Å²) in [6, 6.07) is 0.109. The van der Waals surface area contributed by atoms with Crippen LogP contribution in [0.3, 0.4) is 0 Å². The number of hydrogen-bond acceptors (Lipinski definition) is 3. The topological polar surface area (TPSA) is 52.6 Å². The molecule has 0 aromatic rings. The molecule has 0 aromatic carbocycles. The quantitative estimate of drug-likeness (QED) is 0.608. The summed E-state index contributed by atoms with van der Waals surface area (Å²) < 4.78 is 0. The maximum absolute atomic E-state index is 11.3. The maximum atomic E-state index is 11.3. The van der Waals surface area contributed by atoms with Crippen LogP contribution in [-0.2, 0) is 4.79 Å². The Labute approximate surface area is 79.9 Å². The first-order valence-electron chi connectivity index (χ1n) is 4.65. The summed E-state index contributed by atoms with van der Waals surface area (Å²) in [5.74, 6) is 0.0188. The predicted molar refractivity (Wildman–Crippen MR) is 52.5 cm³/mol. The molecule has 0 aliphatic rings. The van der Waals surface area contributed by atoms with Crippen LogP contribution in [0.25, 0.3) is 0 Å². The Morgan fingerprint density at radius 3 is 2.54 bits per heavy atom. The lowest BCUT2D eigenvalue weighted by Crippen LogP contribution is -2.40. The number of amides is 1. The highest BCUT2D eigenvalue weighted by molar-refractivity contribution is 5.78. The van der Waals surface area contributed by atoms with Crippen LogP contribution in [-0.4, -0.2) is 49.2 Å². The standard InChI is InChI=1S/C9H20N2O2/c1-4-8(5-6-12)10-9(13)7-11(2)3/h8,12H,4-7H2,1-3H3,(H,10,13). The molecule has 0 heterocycles. The lowest BCUT2D eigenvalue weighted by atomic mass is 10.1. The normalized spacial score (nSPS) is 13.0. The highest BCUT2D eigenvalue weighted by Gasteiger charge is 2.09. The van der Waals surface area contributed by atoms with Crippen LogP contribution >= 0.6 is 0 Å². The summed E-state index contributed by atoms with van der Waals surface area (Å²) in [6.07, 6.45) is 1.50. The second-order valence-electron chi connectivity index (χ2n) is 3.42. The lowest BCUT2D eigenvalue weighted by Gasteiger charge is -2.17. The first-order chi connectivity index (χ1) is 6.10. The van der Waals surface area contributed by atoms with Gasteiger partial charge >= 0.3 is 0 Å². The summed E-state index contributed by atoms with van der Waals surface area (Å²) in [5, 5.41) is 11.6. The molecule has 0 aliphatic heterocycles. The van der Waals surface area contributed by atoms with Gasteiger partial charge in [-0.15, -0.1) is 0 Å². The van der Waals surface area contributed by atoms with Crippen molar-refractivity contribution in [3.63, 3.8) is 0 Å². The Morgan fingerprint density at radius 1 is 1.54 bits per heavy atom. The van der Waals surface area contributed by atoms with E-state index in [0.29, 0.717) is 13.0 Å². The number of carbonyl (C=O) groups is 1. The molecule has 4 nitrogen and oxygen atoms in total. The largest absolute Gasteiger partial charge is 0.396 e. The van der Waals surface area contributed by atoms with Crippen molar-refractivity contribution < 1.29 is 9.90 Å². The smallest absolute Gasteiger partial charge is 0.234 e. The monoisotopic (exact) mass is 188 g/mol. The fraction of sp³-hybridized carbons (Fsp3) is 0.889. The van der Waals surface area contributed by atoms with Gasteiger partial charge in [0.15, 0.2) is 0 Å². The fourth-order valence-electron chi connectivity index (χ4n) is 1.09. The average molecular weight is 188 g/mol. The van der Waals surface area contributed by atoms with Gasteiger partial charge in [0, 0.05) is 12.6 Å². The minimum absolute atomic E-state index is 0.0188. The summed E-state index contributed by atoms with van der Waals surface area (Å²) >= 11 is 0. The zero-order chi connectivity index (χ0) is 10.3. The fourth-order valence-corrected chi connectivity index (χ4v) is 1.09. The number of aliphatic hydroxyl groups is 1. The molecule has 0 aromatic heterocycles. The molecule has 0 fully saturated rings. The average Bonchev–Trinajstić information content (AvgIpc) is 2.02. The molecular weight excluding hydrogens is 168 g/mol. The van der Waals surface area contributed by atoms with E-state index < -0.39 is 0 Å². The third kappa shape index (κ3) is 6.54. The van der Waals surface area contributed by atoms with Crippen molar-refractivity contribution in [3.05, 3.63) is 0 Å². The van der Waals surface area contributed by atoms with Crippen molar-refractivity contribution >= 4 is 5.91 Å². The molecule has 13 heavy (non-hydrogen) atoms. The molecule has 0 saturated heterocycles.